The molecule has 20 heavy (non-hydrogen) atoms. The topological polar surface area (TPSA) is 71.2 Å². The highest BCUT2D eigenvalue weighted by atomic mass is 16.3. The average molecular weight is 273 g/mol. The van der Waals surface area contributed by atoms with Crippen molar-refractivity contribution in [3.05, 3.63) is 42.2 Å². The van der Waals surface area contributed by atoms with Gasteiger partial charge in [0, 0.05) is 0 Å². The molecule has 1 atom stereocenters. The Labute approximate surface area is 117 Å². The lowest BCUT2D eigenvalue weighted by molar-refractivity contribution is -0.102. The SMILES string of the molecule is OC(c1cnnn1-c1ccccc1)C1(O)CCCCC1. The van der Waals surface area contributed by atoms with E-state index in [2.05, 4.69) is 10.3 Å². The summed E-state index contributed by atoms with van der Waals surface area (Å²) in [7, 11) is 0. The van der Waals surface area contributed by atoms with Crippen LogP contribution in [-0.2, 0) is 0 Å². The minimum Gasteiger partial charge on any atom is -0.387 e. The van der Waals surface area contributed by atoms with Crippen molar-refractivity contribution in [2.45, 2.75) is 43.8 Å². The summed E-state index contributed by atoms with van der Waals surface area (Å²) in [5.74, 6) is 0. The van der Waals surface area contributed by atoms with Gasteiger partial charge >= 0.3 is 0 Å². The first kappa shape index (κ1) is 13.3. The van der Waals surface area contributed by atoms with Crippen LogP contribution >= 0.6 is 0 Å². The smallest absolute Gasteiger partial charge is 0.126 e. The minimum absolute atomic E-state index is 0.542. The van der Waals surface area contributed by atoms with Crippen LogP contribution in [-0.4, -0.2) is 30.8 Å². The van der Waals surface area contributed by atoms with Gasteiger partial charge in [0.1, 0.15) is 6.10 Å². The van der Waals surface area contributed by atoms with Gasteiger partial charge < -0.3 is 10.2 Å². The quantitative estimate of drug-likeness (QED) is 0.897. The van der Waals surface area contributed by atoms with E-state index in [0.29, 0.717) is 18.5 Å². The van der Waals surface area contributed by atoms with Gasteiger partial charge in [-0.2, -0.15) is 0 Å². The van der Waals surface area contributed by atoms with Crippen molar-refractivity contribution in [3.63, 3.8) is 0 Å². The summed E-state index contributed by atoms with van der Waals surface area (Å²) in [6.07, 6.45) is 4.82. The number of aliphatic hydroxyl groups is 2. The molecule has 0 spiro atoms. The third kappa shape index (κ3) is 2.34. The summed E-state index contributed by atoms with van der Waals surface area (Å²) in [6.45, 7) is 0. The zero-order valence-corrected chi connectivity index (χ0v) is 11.3. The van der Waals surface area contributed by atoms with Crippen LogP contribution in [0, 0.1) is 0 Å². The largest absolute Gasteiger partial charge is 0.387 e. The molecular weight excluding hydrogens is 254 g/mol. The number of para-hydroxylation sites is 1. The highest BCUT2D eigenvalue weighted by molar-refractivity contribution is 5.32. The van der Waals surface area contributed by atoms with Crippen LogP contribution in [0.5, 0.6) is 0 Å². The van der Waals surface area contributed by atoms with E-state index in [1.54, 1.807) is 4.68 Å². The van der Waals surface area contributed by atoms with Crippen LogP contribution in [0.2, 0.25) is 0 Å². The lowest BCUT2D eigenvalue weighted by Crippen LogP contribution is -2.39. The van der Waals surface area contributed by atoms with Crippen molar-refractivity contribution >= 4 is 0 Å². The molecule has 0 bridgehead atoms. The Kier molecular flexibility index (Phi) is 3.54. The fraction of sp³-hybridized carbons (Fsp3) is 0.467. The van der Waals surface area contributed by atoms with Crippen molar-refractivity contribution in [2.24, 2.45) is 0 Å². The van der Waals surface area contributed by atoms with E-state index in [-0.39, 0.29) is 0 Å². The summed E-state index contributed by atoms with van der Waals surface area (Å²) in [6, 6.07) is 9.53. The Morgan fingerprint density at radius 1 is 1.10 bits per heavy atom. The first-order valence-corrected chi connectivity index (χ1v) is 7.07. The molecule has 0 amide bonds. The van der Waals surface area contributed by atoms with Crippen molar-refractivity contribution < 1.29 is 10.2 Å². The molecule has 3 rings (SSSR count). The third-order valence-corrected chi connectivity index (χ3v) is 4.08. The second-order valence-corrected chi connectivity index (χ2v) is 5.47. The van der Waals surface area contributed by atoms with Gasteiger partial charge in [0.15, 0.2) is 0 Å². The molecule has 2 N–H and O–H groups in total. The van der Waals surface area contributed by atoms with Crippen molar-refractivity contribution in [1.29, 1.82) is 0 Å². The van der Waals surface area contributed by atoms with E-state index in [1.165, 1.54) is 6.20 Å². The molecule has 1 unspecified atom stereocenters. The maximum Gasteiger partial charge on any atom is 0.126 e. The van der Waals surface area contributed by atoms with E-state index < -0.39 is 11.7 Å². The summed E-state index contributed by atoms with van der Waals surface area (Å²) in [5.41, 5.74) is 0.311. The number of aromatic nitrogens is 3. The van der Waals surface area contributed by atoms with Gasteiger partial charge in [-0.1, -0.05) is 42.7 Å². The lowest BCUT2D eigenvalue weighted by Gasteiger charge is -2.36. The fourth-order valence-electron chi connectivity index (χ4n) is 2.91. The predicted molar refractivity (Wildman–Crippen MR) is 74.4 cm³/mol. The summed E-state index contributed by atoms with van der Waals surface area (Å²) in [5, 5.41) is 29.2. The van der Waals surface area contributed by atoms with Gasteiger partial charge in [0.05, 0.1) is 23.2 Å². The summed E-state index contributed by atoms with van der Waals surface area (Å²) in [4.78, 5) is 0. The molecule has 0 aliphatic heterocycles. The highest BCUT2D eigenvalue weighted by Gasteiger charge is 2.39. The molecule has 5 heteroatoms. The number of hydrogen-bond donors (Lipinski definition) is 2. The van der Waals surface area contributed by atoms with E-state index in [1.807, 2.05) is 30.3 Å². The molecule has 5 nitrogen and oxygen atoms in total. The molecule has 1 heterocycles. The Morgan fingerprint density at radius 3 is 2.50 bits per heavy atom. The van der Waals surface area contributed by atoms with Crippen LogP contribution in [0.15, 0.2) is 36.5 Å². The van der Waals surface area contributed by atoms with Crippen LogP contribution in [0.4, 0.5) is 0 Å². The highest BCUT2D eigenvalue weighted by Crippen LogP contribution is 2.38. The van der Waals surface area contributed by atoms with Crippen molar-refractivity contribution in [1.82, 2.24) is 15.0 Å². The molecule has 0 saturated heterocycles. The van der Waals surface area contributed by atoms with Gasteiger partial charge in [-0.05, 0) is 25.0 Å². The maximum absolute atomic E-state index is 10.7. The molecule has 1 saturated carbocycles. The van der Waals surface area contributed by atoms with Crippen molar-refractivity contribution in [3.8, 4) is 5.69 Å². The molecule has 1 aromatic heterocycles. The van der Waals surface area contributed by atoms with E-state index in [9.17, 15) is 10.2 Å². The molecule has 1 aliphatic carbocycles. The van der Waals surface area contributed by atoms with Crippen LogP contribution < -0.4 is 0 Å². The van der Waals surface area contributed by atoms with Crippen LogP contribution in [0.1, 0.15) is 43.9 Å². The Balaban J connectivity index is 1.93. The molecule has 1 aliphatic rings. The van der Waals surface area contributed by atoms with Crippen molar-refractivity contribution in [2.75, 3.05) is 0 Å². The molecule has 106 valence electrons. The molecule has 1 fully saturated rings. The van der Waals surface area contributed by atoms with E-state index >= 15 is 0 Å². The predicted octanol–water partition coefficient (Wildman–Crippen LogP) is 2.00. The number of hydrogen-bond acceptors (Lipinski definition) is 4. The second kappa shape index (κ2) is 5.34. The molecular formula is C15H19N3O2. The maximum atomic E-state index is 10.7. The zero-order chi connectivity index (χ0) is 14.0. The zero-order valence-electron chi connectivity index (χ0n) is 11.3. The number of nitrogens with zero attached hydrogens (tertiary/aromatic N) is 3. The summed E-state index contributed by atoms with van der Waals surface area (Å²) < 4.78 is 1.59. The van der Waals surface area contributed by atoms with E-state index in [4.69, 9.17) is 0 Å². The average Bonchev–Trinajstić information content (AvgIpc) is 2.97. The summed E-state index contributed by atoms with van der Waals surface area (Å²) >= 11 is 0. The standard InChI is InChI=1S/C15H19N3O2/c19-14(15(20)9-5-2-6-10-15)13-11-16-17-18(13)12-7-3-1-4-8-12/h1,3-4,7-8,11,14,19-20H,2,5-6,9-10H2. The first-order chi connectivity index (χ1) is 9.71. The van der Waals surface area contributed by atoms with Gasteiger partial charge in [-0.3, -0.25) is 0 Å². The number of aliphatic hydroxyl groups excluding tert-OH is 1. The Morgan fingerprint density at radius 2 is 1.80 bits per heavy atom. The molecule has 1 aromatic carbocycles. The second-order valence-electron chi connectivity index (χ2n) is 5.47. The van der Waals surface area contributed by atoms with Crippen LogP contribution in [0.3, 0.4) is 0 Å². The van der Waals surface area contributed by atoms with Gasteiger partial charge in [-0.15, -0.1) is 5.10 Å². The normalized spacial score (nSPS) is 19.7. The van der Waals surface area contributed by atoms with Gasteiger partial charge in [0.2, 0.25) is 0 Å². The number of rotatable bonds is 3. The Hall–Kier alpha value is -1.72. The van der Waals surface area contributed by atoms with Gasteiger partial charge in [-0.25, -0.2) is 4.68 Å². The minimum atomic E-state index is -1.06. The van der Waals surface area contributed by atoms with Crippen LogP contribution in [0.25, 0.3) is 5.69 Å². The van der Waals surface area contributed by atoms with Gasteiger partial charge in [0.25, 0.3) is 0 Å². The van der Waals surface area contributed by atoms with E-state index in [0.717, 1.165) is 24.9 Å². The fourth-order valence-corrected chi connectivity index (χ4v) is 2.91. The monoisotopic (exact) mass is 273 g/mol. The lowest BCUT2D eigenvalue weighted by atomic mass is 9.80. The first-order valence-electron chi connectivity index (χ1n) is 7.07. The number of benzene rings is 1. The third-order valence-electron chi connectivity index (χ3n) is 4.08. The molecule has 2 aromatic rings. The Bertz CT molecular complexity index is 562. The molecule has 0 radical (unpaired) electrons.